The van der Waals surface area contributed by atoms with E-state index in [0.29, 0.717) is 0 Å². The highest BCUT2D eigenvalue weighted by molar-refractivity contribution is 5.61. The van der Waals surface area contributed by atoms with Crippen molar-refractivity contribution < 1.29 is 0 Å². The van der Waals surface area contributed by atoms with Crippen LogP contribution >= 0.6 is 0 Å². The molecule has 0 nitrogen and oxygen atoms in total. The maximum absolute atomic E-state index is 2.19. The van der Waals surface area contributed by atoms with Gasteiger partial charge in [-0.25, -0.2) is 0 Å². The first-order chi connectivity index (χ1) is 14.8. The fourth-order valence-electron chi connectivity index (χ4n) is 3.11. The molecule has 0 heteroatoms. The topological polar surface area (TPSA) is 0 Å². The van der Waals surface area contributed by atoms with E-state index in [1.807, 2.05) is 0 Å². The number of hydrogen-bond donors (Lipinski definition) is 0. The van der Waals surface area contributed by atoms with Crippen molar-refractivity contribution in [2.75, 3.05) is 0 Å². The second-order valence-electron chi connectivity index (χ2n) is 7.29. The van der Waals surface area contributed by atoms with Gasteiger partial charge >= 0.3 is 0 Å². The van der Waals surface area contributed by atoms with Crippen molar-refractivity contribution in [2.45, 2.75) is 26.7 Å². The van der Waals surface area contributed by atoms with Crippen LogP contribution in [0.1, 0.15) is 47.2 Å². The standard InChI is InChI=1S/C30H30/c1-3-25-13-17-27(18-14-25)9-5-7-11-29-21-23-30(24-22-29)12-8-6-10-28-19-15-26(4-2)16-20-28/h5-24H,3-4H2,1-2H3. The Morgan fingerprint density at radius 2 is 0.633 bits per heavy atom. The molecule has 3 rings (SSSR count). The molecule has 0 atom stereocenters. The molecule has 0 aliphatic heterocycles. The van der Waals surface area contributed by atoms with Crippen molar-refractivity contribution in [3.63, 3.8) is 0 Å². The monoisotopic (exact) mass is 390 g/mol. The number of rotatable bonds is 8. The molecule has 0 aromatic heterocycles. The minimum Gasteiger partial charge on any atom is -0.0617 e. The van der Waals surface area contributed by atoms with Gasteiger partial charge in [0.05, 0.1) is 0 Å². The van der Waals surface area contributed by atoms with E-state index < -0.39 is 0 Å². The summed E-state index contributed by atoms with van der Waals surface area (Å²) in [5.74, 6) is 0. The van der Waals surface area contributed by atoms with Crippen LogP contribution in [0.3, 0.4) is 0 Å². The molecule has 0 amide bonds. The van der Waals surface area contributed by atoms with Gasteiger partial charge in [0.15, 0.2) is 0 Å². The Hall–Kier alpha value is -3.38. The van der Waals surface area contributed by atoms with E-state index in [-0.39, 0.29) is 0 Å². The summed E-state index contributed by atoms with van der Waals surface area (Å²) in [4.78, 5) is 0. The van der Waals surface area contributed by atoms with Crippen LogP contribution in [-0.2, 0) is 12.8 Å². The SMILES string of the molecule is CCc1ccc(C=CC=Cc2ccc(C=CC=Cc3ccc(CC)cc3)cc2)cc1. The van der Waals surface area contributed by atoms with E-state index in [1.165, 1.54) is 33.4 Å². The van der Waals surface area contributed by atoms with Gasteiger partial charge in [-0.3, -0.25) is 0 Å². The van der Waals surface area contributed by atoms with Crippen LogP contribution < -0.4 is 0 Å². The molecule has 3 aromatic rings. The molecule has 0 aliphatic rings. The van der Waals surface area contributed by atoms with Crippen LogP contribution in [0.25, 0.3) is 24.3 Å². The first-order valence-corrected chi connectivity index (χ1v) is 10.7. The zero-order chi connectivity index (χ0) is 21.0. The minimum atomic E-state index is 1.08. The van der Waals surface area contributed by atoms with Crippen LogP contribution in [0.5, 0.6) is 0 Å². The van der Waals surface area contributed by atoms with E-state index >= 15 is 0 Å². The summed E-state index contributed by atoms with van der Waals surface area (Å²) in [6.07, 6.45) is 19.0. The molecule has 30 heavy (non-hydrogen) atoms. The van der Waals surface area contributed by atoms with Crippen molar-refractivity contribution in [3.8, 4) is 0 Å². The summed E-state index contributed by atoms with van der Waals surface area (Å²) in [5, 5.41) is 0. The first-order valence-electron chi connectivity index (χ1n) is 10.7. The Morgan fingerprint density at radius 1 is 0.400 bits per heavy atom. The van der Waals surface area contributed by atoms with Gasteiger partial charge in [-0.05, 0) is 46.2 Å². The first kappa shape index (κ1) is 21.3. The Bertz CT molecular complexity index is 922. The van der Waals surface area contributed by atoms with Crippen molar-refractivity contribution in [2.24, 2.45) is 0 Å². The quantitative estimate of drug-likeness (QED) is 0.340. The molecule has 0 spiro atoms. The van der Waals surface area contributed by atoms with E-state index in [9.17, 15) is 0 Å². The molecule has 150 valence electrons. The highest BCUT2D eigenvalue weighted by Gasteiger charge is 1.90. The lowest BCUT2D eigenvalue weighted by Gasteiger charge is -1.97. The zero-order valence-electron chi connectivity index (χ0n) is 18.0. The number of allylic oxidation sites excluding steroid dienone is 4. The average molecular weight is 391 g/mol. The highest BCUT2D eigenvalue weighted by Crippen LogP contribution is 2.11. The molecular formula is C30H30. The molecule has 0 N–H and O–H groups in total. The van der Waals surface area contributed by atoms with Crippen LogP contribution in [0.15, 0.2) is 97.1 Å². The van der Waals surface area contributed by atoms with Gasteiger partial charge in [0, 0.05) is 0 Å². The van der Waals surface area contributed by atoms with Crippen LogP contribution in [0.2, 0.25) is 0 Å². The van der Waals surface area contributed by atoms with Gasteiger partial charge in [-0.2, -0.15) is 0 Å². The normalized spacial score (nSPS) is 12.1. The molecule has 0 heterocycles. The van der Waals surface area contributed by atoms with E-state index in [4.69, 9.17) is 0 Å². The van der Waals surface area contributed by atoms with Gasteiger partial charge in [0.25, 0.3) is 0 Å². The lowest BCUT2D eigenvalue weighted by molar-refractivity contribution is 1.14. The number of benzene rings is 3. The van der Waals surface area contributed by atoms with Crippen LogP contribution in [-0.4, -0.2) is 0 Å². The Labute approximate surface area is 181 Å². The number of hydrogen-bond acceptors (Lipinski definition) is 0. The summed E-state index contributed by atoms with van der Waals surface area (Å²) in [7, 11) is 0. The van der Waals surface area contributed by atoms with Crippen LogP contribution in [0.4, 0.5) is 0 Å². The lowest BCUT2D eigenvalue weighted by atomic mass is 10.1. The second kappa shape index (κ2) is 11.6. The Kier molecular flexibility index (Phi) is 8.23. The minimum absolute atomic E-state index is 1.08. The smallest absolute Gasteiger partial charge is 0.0256 e. The third kappa shape index (κ3) is 6.90. The number of aryl methyl sites for hydroxylation is 2. The molecule has 0 saturated carbocycles. The summed E-state index contributed by atoms with van der Waals surface area (Å²) in [6, 6.07) is 26.0. The molecule has 0 radical (unpaired) electrons. The maximum atomic E-state index is 2.19. The van der Waals surface area contributed by atoms with Gasteiger partial charge in [0.2, 0.25) is 0 Å². The average Bonchev–Trinajstić information content (AvgIpc) is 2.81. The summed E-state index contributed by atoms with van der Waals surface area (Å²) in [6.45, 7) is 4.36. The second-order valence-corrected chi connectivity index (χ2v) is 7.29. The zero-order valence-corrected chi connectivity index (χ0v) is 18.0. The molecule has 0 fully saturated rings. The van der Waals surface area contributed by atoms with Gasteiger partial charge in [-0.15, -0.1) is 0 Å². The van der Waals surface area contributed by atoms with Crippen molar-refractivity contribution in [1.29, 1.82) is 0 Å². The summed E-state index contributed by atoms with van der Waals surface area (Å²) >= 11 is 0. The maximum Gasteiger partial charge on any atom is -0.0256 e. The fraction of sp³-hybridized carbons (Fsp3) is 0.133. The summed E-state index contributed by atoms with van der Waals surface area (Å²) < 4.78 is 0. The van der Waals surface area contributed by atoms with E-state index in [0.717, 1.165) is 12.8 Å². The van der Waals surface area contributed by atoms with Crippen molar-refractivity contribution >= 4 is 24.3 Å². The van der Waals surface area contributed by atoms with Gasteiger partial charge < -0.3 is 0 Å². The van der Waals surface area contributed by atoms with Crippen molar-refractivity contribution in [1.82, 2.24) is 0 Å². The lowest BCUT2D eigenvalue weighted by Crippen LogP contribution is -1.78. The van der Waals surface area contributed by atoms with Crippen molar-refractivity contribution in [3.05, 3.63) is 130 Å². The van der Waals surface area contributed by atoms with E-state index in [1.54, 1.807) is 0 Å². The van der Waals surface area contributed by atoms with E-state index in [2.05, 4.69) is 135 Å². The molecule has 3 aromatic carbocycles. The van der Waals surface area contributed by atoms with Gasteiger partial charge in [-0.1, -0.05) is 135 Å². The Balaban J connectivity index is 1.50. The largest absolute Gasteiger partial charge is 0.0617 e. The third-order valence-corrected chi connectivity index (χ3v) is 5.09. The molecule has 0 bridgehead atoms. The molecular weight excluding hydrogens is 360 g/mol. The predicted molar refractivity (Wildman–Crippen MR) is 134 cm³/mol. The van der Waals surface area contributed by atoms with Crippen LogP contribution in [0, 0.1) is 0 Å². The third-order valence-electron chi connectivity index (χ3n) is 5.09. The highest BCUT2D eigenvalue weighted by atomic mass is 14.0. The Morgan fingerprint density at radius 3 is 0.867 bits per heavy atom. The summed E-state index contributed by atoms with van der Waals surface area (Å²) in [5.41, 5.74) is 7.60. The molecule has 0 unspecified atom stereocenters. The predicted octanol–water partition coefficient (Wildman–Crippen LogP) is 8.26. The van der Waals surface area contributed by atoms with Gasteiger partial charge in [0.1, 0.15) is 0 Å². The molecule has 0 aliphatic carbocycles. The molecule has 0 saturated heterocycles. The fourth-order valence-corrected chi connectivity index (χ4v) is 3.11.